The molecule has 1 aliphatic rings. The smallest absolute Gasteiger partial charge is 0.0440 e. The lowest BCUT2D eigenvalue weighted by molar-refractivity contribution is 0.986. The molecule has 1 aromatic heterocycles. The van der Waals surface area contributed by atoms with Gasteiger partial charge in [-0.05, 0) is 44.4 Å². The molecule has 0 spiro atoms. The van der Waals surface area contributed by atoms with Crippen molar-refractivity contribution in [2.45, 2.75) is 32.6 Å². The molecule has 0 bridgehead atoms. The molecule has 0 amide bonds. The Morgan fingerprint density at radius 1 is 1.27 bits per heavy atom. The number of hydrogen-bond donors (Lipinski definition) is 0. The van der Waals surface area contributed by atoms with E-state index in [-0.39, 0.29) is 0 Å². The summed E-state index contributed by atoms with van der Waals surface area (Å²) in [6.45, 7) is 4.21. The van der Waals surface area contributed by atoms with E-state index >= 15 is 0 Å². The molecule has 58 valence electrons. The van der Waals surface area contributed by atoms with Crippen LogP contribution in [0.2, 0.25) is 0 Å². The van der Waals surface area contributed by atoms with Gasteiger partial charge in [-0.2, -0.15) is 0 Å². The summed E-state index contributed by atoms with van der Waals surface area (Å²) in [5.74, 6) is 0.786. The van der Waals surface area contributed by atoms with Crippen molar-refractivity contribution in [1.82, 2.24) is 4.98 Å². The number of aryl methyl sites for hydroxylation is 2. The van der Waals surface area contributed by atoms with Crippen molar-refractivity contribution in [3.63, 3.8) is 0 Å². The number of aromatic nitrogens is 1. The van der Waals surface area contributed by atoms with Crippen LogP contribution in [0.15, 0.2) is 12.1 Å². The SMILES string of the molecule is Cc1cc(C)nc(C2CC2)c1. The quantitative estimate of drug-likeness (QED) is 0.595. The summed E-state index contributed by atoms with van der Waals surface area (Å²) in [4.78, 5) is 4.50. The van der Waals surface area contributed by atoms with E-state index in [0.717, 1.165) is 11.6 Å². The van der Waals surface area contributed by atoms with Crippen molar-refractivity contribution >= 4 is 0 Å². The molecule has 0 saturated heterocycles. The molecule has 0 aliphatic heterocycles. The maximum absolute atomic E-state index is 4.50. The number of hydrogen-bond acceptors (Lipinski definition) is 1. The van der Waals surface area contributed by atoms with Crippen LogP contribution in [0.25, 0.3) is 0 Å². The summed E-state index contributed by atoms with van der Waals surface area (Å²) in [5.41, 5.74) is 3.81. The molecule has 0 atom stereocenters. The maximum Gasteiger partial charge on any atom is 0.0440 e. The van der Waals surface area contributed by atoms with Gasteiger partial charge in [0.2, 0.25) is 0 Å². The minimum atomic E-state index is 0.786. The Hall–Kier alpha value is -0.850. The Morgan fingerprint density at radius 2 is 2.00 bits per heavy atom. The van der Waals surface area contributed by atoms with E-state index in [1.165, 1.54) is 24.1 Å². The topological polar surface area (TPSA) is 12.9 Å². The van der Waals surface area contributed by atoms with Gasteiger partial charge < -0.3 is 0 Å². The lowest BCUT2D eigenvalue weighted by Crippen LogP contribution is -1.90. The van der Waals surface area contributed by atoms with Gasteiger partial charge in [0.25, 0.3) is 0 Å². The molecule has 1 aliphatic carbocycles. The molecule has 0 aromatic carbocycles. The molecule has 0 unspecified atom stereocenters. The highest BCUT2D eigenvalue weighted by Gasteiger charge is 2.24. The summed E-state index contributed by atoms with van der Waals surface area (Å²) in [5, 5.41) is 0. The van der Waals surface area contributed by atoms with Crippen molar-refractivity contribution in [2.24, 2.45) is 0 Å². The van der Waals surface area contributed by atoms with E-state index in [9.17, 15) is 0 Å². The van der Waals surface area contributed by atoms with Crippen molar-refractivity contribution < 1.29 is 0 Å². The van der Waals surface area contributed by atoms with Gasteiger partial charge in [-0.15, -0.1) is 0 Å². The molecule has 1 heteroatoms. The van der Waals surface area contributed by atoms with Gasteiger partial charge in [0.05, 0.1) is 0 Å². The highest BCUT2D eigenvalue weighted by atomic mass is 14.7. The van der Waals surface area contributed by atoms with E-state index in [4.69, 9.17) is 0 Å². The molecular weight excluding hydrogens is 134 g/mol. The Balaban J connectivity index is 2.39. The highest BCUT2D eigenvalue weighted by Crippen LogP contribution is 2.39. The fourth-order valence-corrected chi connectivity index (χ4v) is 1.46. The Morgan fingerprint density at radius 3 is 2.55 bits per heavy atom. The molecule has 1 saturated carbocycles. The van der Waals surface area contributed by atoms with Gasteiger partial charge in [-0.1, -0.05) is 0 Å². The summed E-state index contributed by atoms with van der Waals surface area (Å²) in [7, 11) is 0. The first-order valence-corrected chi connectivity index (χ1v) is 4.21. The van der Waals surface area contributed by atoms with E-state index < -0.39 is 0 Å². The zero-order valence-corrected chi connectivity index (χ0v) is 7.09. The van der Waals surface area contributed by atoms with Crippen LogP contribution in [-0.4, -0.2) is 4.98 Å². The first kappa shape index (κ1) is 6.84. The van der Waals surface area contributed by atoms with Crippen LogP contribution < -0.4 is 0 Å². The third kappa shape index (κ3) is 1.42. The number of nitrogens with zero attached hydrogens (tertiary/aromatic N) is 1. The second kappa shape index (κ2) is 2.33. The molecule has 11 heavy (non-hydrogen) atoms. The van der Waals surface area contributed by atoms with Crippen LogP contribution in [0, 0.1) is 13.8 Å². The van der Waals surface area contributed by atoms with E-state index in [0.29, 0.717) is 0 Å². The first-order chi connectivity index (χ1) is 5.25. The molecule has 1 fully saturated rings. The standard InChI is InChI=1S/C10H13N/c1-7-5-8(2)11-10(6-7)9-3-4-9/h5-6,9H,3-4H2,1-2H3. The van der Waals surface area contributed by atoms with Gasteiger partial charge in [0.15, 0.2) is 0 Å². The number of pyridine rings is 1. The summed E-state index contributed by atoms with van der Waals surface area (Å²) in [6, 6.07) is 4.34. The molecule has 0 N–H and O–H groups in total. The second-order valence-corrected chi connectivity index (χ2v) is 3.49. The first-order valence-electron chi connectivity index (χ1n) is 4.21. The monoisotopic (exact) mass is 147 g/mol. The van der Waals surface area contributed by atoms with Crippen molar-refractivity contribution in [1.29, 1.82) is 0 Å². The van der Waals surface area contributed by atoms with Gasteiger partial charge >= 0.3 is 0 Å². The predicted molar refractivity (Wildman–Crippen MR) is 45.7 cm³/mol. The lowest BCUT2D eigenvalue weighted by atomic mass is 10.2. The van der Waals surface area contributed by atoms with Gasteiger partial charge in [0, 0.05) is 17.3 Å². The predicted octanol–water partition coefficient (Wildman–Crippen LogP) is 2.58. The molecule has 1 nitrogen and oxygen atoms in total. The summed E-state index contributed by atoms with van der Waals surface area (Å²) in [6.07, 6.45) is 2.69. The van der Waals surface area contributed by atoms with Crippen LogP contribution in [-0.2, 0) is 0 Å². The van der Waals surface area contributed by atoms with Crippen LogP contribution in [0.3, 0.4) is 0 Å². The molecule has 1 heterocycles. The second-order valence-electron chi connectivity index (χ2n) is 3.49. The third-order valence-corrected chi connectivity index (χ3v) is 2.11. The van der Waals surface area contributed by atoms with Crippen LogP contribution in [0.5, 0.6) is 0 Å². The van der Waals surface area contributed by atoms with Gasteiger partial charge in [-0.3, -0.25) is 4.98 Å². The van der Waals surface area contributed by atoms with E-state index in [2.05, 4.69) is 31.0 Å². The Labute approximate surface area is 67.5 Å². The van der Waals surface area contributed by atoms with Crippen LogP contribution in [0.4, 0.5) is 0 Å². The lowest BCUT2D eigenvalue weighted by Gasteiger charge is -2.00. The normalized spacial score (nSPS) is 16.9. The minimum Gasteiger partial charge on any atom is -0.258 e. The van der Waals surface area contributed by atoms with Crippen LogP contribution >= 0.6 is 0 Å². The Bertz CT molecular complexity index is 254. The third-order valence-electron chi connectivity index (χ3n) is 2.11. The molecular formula is C10H13N. The fourth-order valence-electron chi connectivity index (χ4n) is 1.46. The van der Waals surface area contributed by atoms with Crippen molar-refractivity contribution in [3.05, 3.63) is 29.1 Å². The largest absolute Gasteiger partial charge is 0.258 e. The zero-order valence-electron chi connectivity index (χ0n) is 7.09. The molecule has 1 aromatic rings. The average molecular weight is 147 g/mol. The maximum atomic E-state index is 4.50. The molecule has 2 rings (SSSR count). The van der Waals surface area contributed by atoms with Crippen molar-refractivity contribution in [2.75, 3.05) is 0 Å². The summed E-state index contributed by atoms with van der Waals surface area (Å²) < 4.78 is 0. The molecule has 0 radical (unpaired) electrons. The van der Waals surface area contributed by atoms with E-state index in [1.54, 1.807) is 0 Å². The van der Waals surface area contributed by atoms with Crippen molar-refractivity contribution in [3.8, 4) is 0 Å². The number of rotatable bonds is 1. The Kier molecular flexibility index (Phi) is 1.45. The van der Waals surface area contributed by atoms with Crippen LogP contribution in [0.1, 0.15) is 35.7 Å². The fraction of sp³-hybridized carbons (Fsp3) is 0.500. The average Bonchev–Trinajstić information content (AvgIpc) is 2.64. The summed E-state index contributed by atoms with van der Waals surface area (Å²) >= 11 is 0. The van der Waals surface area contributed by atoms with Gasteiger partial charge in [0.1, 0.15) is 0 Å². The van der Waals surface area contributed by atoms with E-state index in [1.807, 2.05) is 0 Å². The minimum absolute atomic E-state index is 0.786. The zero-order chi connectivity index (χ0) is 7.84. The van der Waals surface area contributed by atoms with Gasteiger partial charge in [-0.25, -0.2) is 0 Å². The highest BCUT2D eigenvalue weighted by molar-refractivity contribution is 5.24.